The lowest BCUT2D eigenvalue weighted by Crippen LogP contribution is -2.32. The molecule has 0 atom stereocenters. The van der Waals surface area contributed by atoms with Gasteiger partial charge in [-0.2, -0.15) is 9.89 Å². The number of rotatable bonds is 1. The second kappa shape index (κ2) is 3.48. The second-order valence-electron chi connectivity index (χ2n) is 3.53. The third-order valence-corrected chi connectivity index (χ3v) is 2.42. The van der Waals surface area contributed by atoms with Gasteiger partial charge in [0.2, 0.25) is 5.96 Å². The molecule has 1 aliphatic heterocycles. The van der Waals surface area contributed by atoms with Crippen molar-refractivity contribution in [3.8, 4) is 0 Å². The van der Waals surface area contributed by atoms with E-state index in [1.165, 1.54) is 16.9 Å². The Bertz CT molecular complexity index is 559. The average Bonchev–Trinajstić information content (AvgIpc) is 2.90. The summed E-state index contributed by atoms with van der Waals surface area (Å²) in [4.78, 5) is 5.69. The van der Waals surface area contributed by atoms with E-state index in [4.69, 9.17) is 0 Å². The van der Waals surface area contributed by atoms with Crippen LogP contribution in [0.15, 0.2) is 29.4 Å². The van der Waals surface area contributed by atoms with Crippen molar-refractivity contribution in [1.29, 1.82) is 0 Å². The van der Waals surface area contributed by atoms with Crippen molar-refractivity contribution in [3.63, 3.8) is 0 Å². The highest BCUT2D eigenvalue weighted by Crippen LogP contribution is 2.13. The monoisotopic (exact) mass is 219 g/mol. The quantitative estimate of drug-likeness (QED) is 0.741. The number of hydrogen-bond donors (Lipinski definition) is 2. The van der Waals surface area contributed by atoms with Crippen molar-refractivity contribution in [2.45, 2.75) is 0 Å². The van der Waals surface area contributed by atoms with Gasteiger partial charge in [0.1, 0.15) is 5.82 Å². The molecule has 5 nitrogen and oxygen atoms in total. The molecular formula is C10H10FN5. The maximum atomic E-state index is 13.1. The van der Waals surface area contributed by atoms with E-state index in [0.29, 0.717) is 11.5 Å². The van der Waals surface area contributed by atoms with E-state index in [0.717, 1.165) is 18.5 Å². The van der Waals surface area contributed by atoms with E-state index in [1.54, 1.807) is 12.3 Å². The van der Waals surface area contributed by atoms with Crippen LogP contribution in [-0.2, 0) is 0 Å². The summed E-state index contributed by atoms with van der Waals surface area (Å²) in [7, 11) is 0. The van der Waals surface area contributed by atoms with Crippen LogP contribution in [0.1, 0.15) is 0 Å². The first-order chi connectivity index (χ1) is 7.83. The lowest BCUT2D eigenvalue weighted by molar-refractivity contribution is 0.628. The largest absolute Gasteiger partial charge is 0.353 e. The van der Waals surface area contributed by atoms with E-state index in [1.807, 2.05) is 0 Å². The normalized spacial score (nSPS) is 14.9. The topological polar surface area (TPSA) is 54.2 Å². The number of hydrogen-bond acceptors (Lipinski definition) is 4. The molecule has 0 radical (unpaired) electrons. The lowest BCUT2D eigenvalue weighted by atomic mass is 10.2. The molecule has 6 heteroatoms. The van der Waals surface area contributed by atoms with Crippen LogP contribution in [0.2, 0.25) is 0 Å². The molecule has 2 heterocycles. The minimum absolute atomic E-state index is 0.280. The highest BCUT2D eigenvalue weighted by Gasteiger charge is 2.08. The van der Waals surface area contributed by atoms with Crippen molar-refractivity contribution in [2.24, 2.45) is 4.99 Å². The summed E-state index contributed by atoms with van der Waals surface area (Å²) < 4.78 is 13.1. The van der Waals surface area contributed by atoms with E-state index < -0.39 is 0 Å². The van der Waals surface area contributed by atoms with Crippen molar-refractivity contribution < 1.29 is 4.39 Å². The van der Waals surface area contributed by atoms with Crippen LogP contribution in [0.25, 0.3) is 10.9 Å². The Balaban J connectivity index is 1.99. The number of halogens is 1. The van der Waals surface area contributed by atoms with E-state index in [-0.39, 0.29) is 5.82 Å². The molecule has 0 fully saturated rings. The third kappa shape index (κ3) is 1.48. The van der Waals surface area contributed by atoms with Gasteiger partial charge in [0.25, 0.3) is 0 Å². The van der Waals surface area contributed by atoms with Crippen molar-refractivity contribution in [1.82, 2.24) is 15.2 Å². The van der Waals surface area contributed by atoms with Gasteiger partial charge in [-0.15, -0.1) is 0 Å². The summed E-state index contributed by atoms with van der Waals surface area (Å²) in [5, 5.41) is 8.06. The number of nitrogens with zero attached hydrogens (tertiary/aromatic N) is 3. The van der Waals surface area contributed by atoms with Crippen LogP contribution in [0.5, 0.6) is 0 Å². The molecule has 1 aliphatic rings. The molecule has 0 spiro atoms. The zero-order valence-electron chi connectivity index (χ0n) is 8.44. The molecule has 0 saturated heterocycles. The predicted octanol–water partition coefficient (Wildman–Crippen LogP) is 0.678. The number of aromatic nitrogens is 2. The molecule has 0 saturated carbocycles. The zero-order valence-corrected chi connectivity index (χ0v) is 8.44. The fraction of sp³-hybridized carbons (Fsp3) is 0.200. The summed E-state index contributed by atoms with van der Waals surface area (Å²) in [5.41, 5.74) is 3.66. The molecule has 1 aromatic heterocycles. The van der Waals surface area contributed by atoms with Gasteiger partial charge in [-0.1, -0.05) is 0 Å². The molecule has 2 N–H and O–H groups in total. The number of nitrogens with one attached hydrogen (secondary N) is 2. The Morgan fingerprint density at radius 3 is 3.19 bits per heavy atom. The van der Waals surface area contributed by atoms with Crippen LogP contribution < -0.4 is 10.7 Å². The first-order valence-electron chi connectivity index (χ1n) is 5.01. The Hall–Kier alpha value is -2.11. The number of benzene rings is 1. The smallest absolute Gasteiger partial charge is 0.212 e. The zero-order chi connectivity index (χ0) is 11.0. The van der Waals surface area contributed by atoms with Gasteiger partial charge in [0.05, 0.1) is 18.3 Å². The van der Waals surface area contributed by atoms with Crippen LogP contribution in [0, 0.1) is 5.82 Å². The third-order valence-electron chi connectivity index (χ3n) is 2.42. The van der Waals surface area contributed by atoms with Crippen molar-refractivity contribution >= 4 is 16.9 Å². The molecule has 0 aliphatic carbocycles. The second-order valence-corrected chi connectivity index (χ2v) is 3.53. The number of aliphatic imine (C=N–C) groups is 1. The molecule has 0 unspecified atom stereocenters. The molecule has 82 valence electrons. The summed E-state index contributed by atoms with van der Waals surface area (Å²) in [6.07, 6.45) is 1.68. The van der Waals surface area contributed by atoms with Gasteiger partial charge in [0.15, 0.2) is 0 Å². The van der Waals surface area contributed by atoms with Gasteiger partial charge in [0, 0.05) is 18.0 Å². The maximum absolute atomic E-state index is 13.1. The fourth-order valence-electron chi connectivity index (χ4n) is 1.65. The molecular weight excluding hydrogens is 209 g/mol. The Morgan fingerprint density at radius 2 is 2.38 bits per heavy atom. The molecule has 2 aromatic rings. The minimum atomic E-state index is -0.280. The Labute approximate surface area is 90.9 Å². The van der Waals surface area contributed by atoms with Crippen molar-refractivity contribution in [3.05, 3.63) is 30.2 Å². The highest BCUT2D eigenvalue weighted by molar-refractivity contribution is 5.90. The summed E-state index contributed by atoms with van der Waals surface area (Å²) in [6.45, 7) is 1.56. The average molecular weight is 219 g/mol. The SMILES string of the molecule is Fc1ccc2cnn(NC3=NCCN3)c2c1. The minimum Gasteiger partial charge on any atom is -0.353 e. The van der Waals surface area contributed by atoms with Gasteiger partial charge in [-0.3, -0.25) is 0 Å². The van der Waals surface area contributed by atoms with Crippen LogP contribution >= 0.6 is 0 Å². The predicted molar refractivity (Wildman–Crippen MR) is 59.4 cm³/mol. The number of fused-ring (bicyclic) bond motifs is 1. The number of guanidine groups is 1. The van der Waals surface area contributed by atoms with E-state index in [2.05, 4.69) is 20.8 Å². The van der Waals surface area contributed by atoms with E-state index in [9.17, 15) is 4.39 Å². The lowest BCUT2D eigenvalue weighted by Gasteiger charge is -2.07. The standard InChI is InChI=1S/C10H10FN5/c11-8-2-1-7-6-14-16(9(7)5-8)15-10-12-3-4-13-10/h1-2,5-6H,3-4H2,(H2,12,13,15). The molecule has 3 rings (SSSR count). The Morgan fingerprint density at radius 1 is 1.44 bits per heavy atom. The van der Waals surface area contributed by atoms with Crippen molar-refractivity contribution in [2.75, 3.05) is 18.5 Å². The Kier molecular flexibility index (Phi) is 1.99. The first kappa shape index (κ1) is 9.14. The van der Waals surface area contributed by atoms with Gasteiger partial charge in [-0.05, 0) is 12.1 Å². The molecule has 0 amide bonds. The van der Waals surface area contributed by atoms with E-state index >= 15 is 0 Å². The van der Waals surface area contributed by atoms with Crippen LogP contribution in [0.4, 0.5) is 4.39 Å². The summed E-state index contributed by atoms with van der Waals surface area (Å²) in [5.74, 6) is 0.381. The van der Waals surface area contributed by atoms with Gasteiger partial charge >= 0.3 is 0 Å². The first-order valence-corrected chi connectivity index (χ1v) is 5.01. The summed E-state index contributed by atoms with van der Waals surface area (Å²) in [6, 6.07) is 4.55. The van der Waals surface area contributed by atoms with Crippen LogP contribution in [-0.4, -0.2) is 28.9 Å². The molecule has 16 heavy (non-hydrogen) atoms. The highest BCUT2D eigenvalue weighted by atomic mass is 19.1. The van der Waals surface area contributed by atoms with Gasteiger partial charge < -0.3 is 5.32 Å². The van der Waals surface area contributed by atoms with Gasteiger partial charge in [-0.25, -0.2) is 14.8 Å². The molecule has 0 bridgehead atoms. The fourth-order valence-corrected chi connectivity index (χ4v) is 1.65. The molecule has 1 aromatic carbocycles. The maximum Gasteiger partial charge on any atom is 0.212 e. The van der Waals surface area contributed by atoms with Crippen LogP contribution in [0.3, 0.4) is 0 Å². The summed E-state index contributed by atoms with van der Waals surface area (Å²) >= 11 is 0.